The minimum absolute atomic E-state index is 0.0163. The van der Waals surface area contributed by atoms with Crippen LogP contribution in [0.3, 0.4) is 0 Å². The Morgan fingerprint density at radius 2 is 1.04 bits per heavy atom. The second-order valence-corrected chi connectivity index (χ2v) is 22.2. The number of hydrogen-bond acceptors (Lipinski definition) is 17. The van der Waals surface area contributed by atoms with Crippen LogP contribution in [0.25, 0.3) is 21.8 Å². The summed E-state index contributed by atoms with van der Waals surface area (Å²) in [7, 11) is 3.16. The van der Waals surface area contributed by atoms with E-state index < -0.39 is 71.9 Å². The zero-order valence-corrected chi connectivity index (χ0v) is 49.0. The van der Waals surface area contributed by atoms with Gasteiger partial charge in [0.05, 0.1) is 49.2 Å². The van der Waals surface area contributed by atoms with Gasteiger partial charge in [-0.25, -0.2) is 19.6 Å². The molecule has 0 saturated heterocycles. The van der Waals surface area contributed by atoms with Gasteiger partial charge in [-0.1, -0.05) is 26.8 Å². The summed E-state index contributed by atoms with van der Waals surface area (Å²) in [5, 5.41) is 4.57. The molecule has 5 aromatic rings. The van der Waals surface area contributed by atoms with Crippen molar-refractivity contribution in [2.75, 3.05) is 27.3 Å². The second kappa shape index (κ2) is 27.4. The highest BCUT2D eigenvalue weighted by molar-refractivity contribution is 6.21. The third-order valence-electron chi connectivity index (χ3n) is 13.4. The van der Waals surface area contributed by atoms with Gasteiger partial charge < -0.3 is 42.9 Å². The van der Waals surface area contributed by atoms with Crippen LogP contribution in [0.2, 0.25) is 0 Å². The smallest absolute Gasteiger partial charge is 0.305 e. The first-order chi connectivity index (χ1) is 38.2. The minimum Gasteiger partial charge on any atom is -0.497 e. The van der Waals surface area contributed by atoms with E-state index in [-0.39, 0.29) is 37.1 Å². The molecule has 0 bridgehead atoms. The van der Waals surface area contributed by atoms with Crippen LogP contribution < -0.4 is 14.8 Å². The largest absolute Gasteiger partial charge is 0.497 e. The third-order valence-corrected chi connectivity index (χ3v) is 13.4. The summed E-state index contributed by atoms with van der Waals surface area (Å²) in [6.07, 6.45) is 2.11. The number of carbonyl (C=O) groups is 7. The molecule has 440 valence electrons. The number of fused-ring (bicyclic) bond motifs is 3. The van der Waals surface area contributed by atoms with Crippen LogP contribution in [-0.2, 0) is 81.7 Å². The van der Waals surface area contributed by atoms with E-state index in [4.69, 9.17) is 48.0 Å². The number of amides is 3. The highest BCUT2D eigenvalue weighted by atomic mass is 17.2. The molecule has 21 heteroatoms. The molecule has 0 saturated carbocycles. The maximum Gasteiger partial charge on any atom is 0.305 e. The first kappa shape index (κ1) is 62.9. The predicted molar refractivity (Wildman–Crippen MR) is 296 cm³/mol. The number of aromatic nitrogens is 2. The maximum absolute atomic E-state index is 14.3. The van der Waals surface area contributed by atoms with Crippen molar-refractivity contribution < 1.29 is 81.5 Å². The van der Waals surface area contributed by atoms with Gasteiger partial charge >= 0.3 is 23.9 Å². The van der Waals surface area contributed by atoms with E-state index in [2.05, 4.69) is 5.32 Å². The third kappa shape index (κ3) is 17.3. The fraction of sp³-hybridized carbons (Fsp3) is 0.517. The van der Waals surface area contributed by atoms with Crippen molar-refractivity contribution in [2.45, 2.75) is 164 Å². The zero-order chi connectivity index (χ0) is 59.5. The van der Waals surface area contributed by atoms with Crippen molar-refractivity contribution in [1.29, 1.82) is 0 Å². The lowest BCUT2D eigenvalue weighted by Gasteiger charge is -2.31. The van der Waals surface area contributed by atoms with Crippen molar-refractivity contribution >= 4 is 63.4 Å². The molecule has 1 N–H and O–H groups in total. The molecule has 2 aromatic heterocycles. The molecule has 3 unspecified atom stereocenters. The molecule has 0 radical (unpaired) electrons. The van der Waals surface area contributed by atoms with Crippen LogP contribution in [0.5, 0.6) is 11.5 Å². The van der Waals surface area contributed by atoms with Gasteiger partial charge in [0.2, 0.25) is 18.5 Å². The summed E-state index contributed by atoms with van der Waals surface area (Å²) in [5.74, 6) is -2.23. The lowest BCUT2D eigenvalue weighted by Crippen LogP contribution is -2.35. The quantitative estimate of drug-likeness (QED) is 0.0148. The van der Waals surface area contributed by atoms with Crippen molar-refractivity contribution in [3.05, 3.63) is 94.8 Å². The van der Waals surface area contributed by atoms with Gasteiger partial charge in [0, 0.05) is 70.9 Å². The normalized spacial score (nSPS) is 13.9. The van der Waals surface area contributed by atoms with Gasteiger partial charge in [-0.15, -0.1) is 0 Å². The average molecular weight is 1130 g/mol. The second-order valence-electron chi connectivity index (χ2n) is 22.2. The lowest BCUT2D eigenvalue weighted by molar-refractivity contribution is -0.400. The number of esters is 4. The number of benzene rings is 3. The zero-order valence-electron chi connectivity index (χ0n) is 49.0. The number of ether oxygens (including phenoxy) is 6. The van der Waals surface area contributed by atoms with E-state index in [9.17, 15) is 33.6 Å². The van der Waals surface area contributed by atoms with Crippen molar-refractivity contribution in [3.63, 3.8) is 0 Å². The van der Waals surface area contributed by atoms with Crippen LogP contribution in [0.15, 0.2) is 67.0 Å². The topological polar surface area (TPSA) is 237 Å². The molecule has 0 aliphatic carbocycles. The van der Waals surface area contributed by atoms with E-state index in [1.54, 1.807) is 54.0 Å². The van der Waals surface area contributed by atoms with Crippen LogP contribution >= 0.6 is 0 Å². The van der Waals surface area contributed by atoms with Crippen LogP contribution in [0.4, 0.5) is 0 Å². The van der Waals surface area contributed by atoms with E-state index in [0.29, 0.717) is 61.3 Å². The highest BCUT2D eigenvalue weighted by Gasteiger charge is 2.37. The van der Waals surface area contributed by atoms with Crippen LogP contribution in [0, 0.1) is 11.8 Å². The summed E-state index contributed by atoms with van der Waals surface area (Å²) >= 11 is 0. The van der Waals surface area contributed by atoms with Gasteiger partial charge in [-0.3, -0.25) is 38.5 Å². The molecule has 1 aliphatic rings. The Morgan fingerprint density at radius 1 is 0.580 bits per heavy atom. The molecule has 81 heavy (non-hydrogen) atoms. The molecular weight excluding hydrogens is 1050 g/mol. The first-order valence-electron chi connectivity index (χ1n) is 27.1. The van der Waals surface area contributed by atoms with Gasteiger partial charge in [0.1, 0.15) is 22.7 Å². The van der Waals surface area contributed by atoms with E-state index in [1.807, 2.05) is 84.8 Å². The number of nitrogens with one attached hydrogen (secondary N) is 1. The number of carbonyl (C=O) groups excluding carboxylic acids is 7. The maximum atomic E-state index is 14.3. The SMILES string of the molecule is COc1ccc2c(c1)c(CCN1C(=O)c3ccc(CC(C)CC(OOC(C)(C)CC(OC(C)=O)OC(C)=O)n4cc(CCNC(C)=O)c5cc(OC)ccc54)cc3C1=O)cn2C(CC(C)C)OOC(C)(C)CC(OC(C)=O)OC(C)=O. The van der Waals surface area contributed by atoms with Gasteiger partial charge in [-0.05, 0) is 137 Å². The molecule has 3 aromatic carbocycles. The van der Waals surface area contributed by atoms with Crippen molar-refractivity contribution in [2.24, 2.45) is 11.8 Å². The Kier molecular flexibility index (Phi) is 21.3. The molecule has 3 amide bonds. The Hall–Kier alpha value is -7.33. The fourth-order valence-corrected chi connectivity index (χ4v) is 9.84. The monoisotopic (exact) mass is 1130 g/mol. The lowest BCUT2D eigenvalue weighted by atomic mass is 9.95. The molecule has 1 aliphatic heterocycles. The molecule has 3 heterocycles. The molecular formula is C60H78N4O17. The fourth-order valence-electron chi connectivity index (χ4n) is 9.84. The van der Waals surface area contributed by atoms with Gasteiger partial charge in [0.25, 0.3) is 11.8 Å². The van der Waals surface area contributed by atoms with E-state index in [1.165, 1.54) is 39.5 Å². The number of imide groups is 1. The van der Waals surface area contributed by atoms with Crippen molar-refractivity contribution in [1.82, 2.24) is 19.4 Å². The molecule has 21 nitrogen and oxygen atoms in total. The molecule has 0 fully saturated rings. The predicted octanol–water partition coefficient (Wildman–Crippen LogP) is 9.58. The van der Waals surface area contributed by atoms with Crippen LogP contribution in [0.1, 0.15) is 159 Å². The summed E-state index contributed by atoms with van der Waals surface area (Å²) in [6, 6.07) is 16.6. The highest BCUT2D eigenvalue weighted by Crippen LogP contribution is 2.37. The van der Waals surface area contributed by atoms with Gasteiger partial charge in [0.15, 0.2) is 12.5 Å². The van der Waals surface area contributed by atoms with Gasteiger partial charge in [-0.2, -0.15) is 0 Å². The van der Waals surface area contributed by atoms with E-state index >= 15 is 0 Å². The van der Waals surface area contributed by atoms with Crippen molar-refractivity contribution in [3.8, 4) is 11.5 Å². The number of hydrogen-bond donors (Lipinski definition) is 1. The summed E-state index contributed by atoms with van der Waals surface area (Å²) in [4.78, 5) is 114. The minimum atomic E-state index is -1.24. The number of methoxy groups -OCH3 is 2. The number of rotatable bonds is 30. The van der Waals surface area contributed by atoms with Crippen LogP contribution in [-0.4, -0.2) is 107 Å². The standard InChI is InChI=1S/C60H78N4O17/c1-35(2)25-53(78-80-59(9,10)31-55(74-38(5)66)75-39(6)67)63-34-44(49-30-46(73-14)17-20-52(49)63)22-24-62-57(70)47-18-15-42(28-50(47)58(62)71)26-36(3)27-54(79-81-60(11,12)32-56(76-40(7)68)77-41(8)69)64-33-43(21-23-61-37(4)65)48-29-45(72-13)16-19-51(48)64/h15-20,28-30,33-36,53-56H,21-27,31-32H2,1-14H3,(H,61,65). The Labute approximate surface area is 472 Å². The first-order valence-corrected chi connectivity index (χ1v) is 27.1. The summed E-state index contributed by atoms with van der Waals surface area (Å²) in [5.41, 5.74) is 2.52. The molecule has 0 spiro atoms. The Bertz CT molecular complexity index is 3050. The average Bonchev–Trinajstić information content (AvgIpc) is 3.99. The number of nitrogens with zero attached hydrogens (tertiary/aromatic N) is 3. The molecule has 3 atom stereocenters. The summed E-state index contributed by atoms with van der Waals surface area (Å²) < 4.78 is 36.1. The summed E-state index contributed by atoms with van der Waals surface area (Å²) in [6.45, 7) is 19.8. The van der Waals surface area contributed by atoms with E-state index in [0.717, 1.165) is 38.5 Å². The Balaban J connectivity index is 1.22. The Morgan fingerprint density at radius 3 is 1.48 bits per heavy atom. The molecule has 6 rings (SSSR count).